The summed E-state index contributed by atoms with van der Waals surface area (Å²) in [5.74, 6) is 0. The van der Waals surface area contributed by atoms with Gasteiger partial charge in [0.15, 0.2) is 0 Å². The molecule has 0 aliphatic carbocycles. The van der Waals surface area contributed by atoms with E-state index in [2.05, 4.69) is 107 Å². The van der Waals surface area contributed by atoms with Crippen LogP contribution in [0.5, 0.6) is 0 Å². The predicted octanol–water partition coefficient (Wildman–Crippen LogP) is 4.07. The van der Waals surface area contributed by atoms with Gasteiger partial charge in [-0.1, -0.05) is 0 Å². The van der Waals surface area contributed by atoms with E-state index in [0.29, 0.717) is 0 Å². The molecule has 0 aliphatic heterocycles. The van der Waals surface area contributed by atoms with Gasteiger partial charge in [0.25, 0.3) is 0 Å². The van der Waals surface area contributed by atoms with Gasteiger partial charge in [-0.25, -0.2) is 0 Å². The third kappa shape index (κ3) is 2.69. The molecule has 3 aromatic rings. The van der Waals surface area contributed by atoms with Gasteiger partial charge in [-0.3, -0.25) is 0 Å². The maximum atomic E-state index is 3.84. The third-order valence-electron chi connectivity index (χ3n) is 4.00. The molecule has 0 fully saturated rings. The van der Waals surface area contributed by atoms with Crippen LogP contribution in [0.25, 0.3) is 0 Å². The molecule has 0 atom stereocenters. The Morgan fingerprint density at radius 3 is 1.05 bits per heavy atom. The number of hydrogen-bond acceptors (Lipinski definition) is 0. The average Bonchev–Trinajstić information content (AvgIpc) is 2.59. The third-order valence-corrected chi connectivity index (χ3v) is 10.9. The van der Waals surface area contributed by atoms with E-state index in [1.54, 1.807) is 0 Å². The molecule has 3 aromatic carbocycles. The van der Waals surface area contributed by atoms with Crippen LogP contribution < -0.4 is 15.9 Å². The molecular weight excluding hydrogens is 339 g/mol. The Bertz CT molecular complexity index is 584. The number of benzene rings is 3. The molecule has 0 radical (unpaired) electrons. The molecule has 0 N–H and O–H groups in total. The summed E-state index contributed by atoms with van der Waals surface area (Å²) < 4.78 is 0. The van der Waals surface area contributed by atoms with Crippen molar-refractivity contribution >= 4 is 39.1 Å². The van der Waals surface area contributed by atoms with Crippen LogP contribution in [0.3, 0.4) is 0 Å². The maximum absolute atomic E-state index is 3.84. The Morgan fingerprint density at radius 1 is 0.524 bits per heavy atom. The van der Waals surface area contributed by atoms with E-state index in [9.17, 15) is 0 Å². The second-order valence-electron chi connectivity index (χ2n) is 5.14. The summed E-state index contributed by atoms with van der Waals surface area (Å²) in [6.45, 7) is 0. The zero-order valence-electron chi connectivity index (χ0n) is 11.7. The topological polar surface area (TPSA) is 0 Å². The van der Waals surface area contributed by atoms with E-state index in [0.717, 1.165) is 5.07 Å². The summed E-state index contributed by atoms with van der Waals surface area (Å²) in [7, 11) is -1.98. The number of halogens is 1. The Morgan fingerprint density at radius 2 is 0.810 bits per heavy atom. The molecule has 106 valence electrons. The number of alkyl halides is 1. The Hall–Kier alpha value is -1.43. The van der Waals surface area contributed by atoms with Crippen molar-refractivity contribution in [3.05, 3.63) is 91.0 Å². The molecule has 3 rings (SSSR count). The molecule has 0 saturated heterocycles. The normalized spacial score (nSPS) is 12.0. The van der Waals surface area contributed by atoms with Crippen molar-refractivity contribution in [3.63, 3.8) is 0 Å². The van der Waals surface area contributed by atoms with Crippen LogP contribution in [0.15, 0.2) is 91.0 Å². The van der Waals surface area contributed by atoms with Gasteiger partial charge in [0, 0.05) is 0 Å². The average molecular weight is 357 g/mol. The molecule has 2 heteroatoms. The molecule has 21 heavy (non-hydrogen) atoms. The summed E-state index contributed by atoms with van der Waals surface area (Å²) in [6.07, 6.45) is 0. The molecule has 0 saturated carbocycles. The van der Waals surface area contributed by atoms with E-state index in [1.165, 1.54) is 15.9 Å². The second kappa shape index (κ2) is 6.56. The van der Waals surface area contributed by atoms with Gasteiger partial charge < -0.3 is 0 Å². The van der Waals surface area contributed by atoms with Crippen molar-refractivity contribution in [3.8, 4) is 0 Å². The zero-order valence-corrected chi connectivity index (χ0v) is 14.3. The first-order chi connectivity index (χ1) is 10.4. The Balaban J connectivity index is 2.29. The predicted molar refractivity (Wildman–Crippen MR) is 100 cm³/mol. The van der Waals surface area contributed by atoms with E-state index in [-0.39, 0.29) is 0 Å². The fraction of sp³-hybridized carbons (Fsp3) is 0.0526. The van der Waals surface area contributed by atoms with Crippen LogP contribution in [-0.2, 0) is 0 Å². The number of rotatable bonds is 4. The minimum absolute atomic E-state index is 0.984. The molecule has 0 aliphatic rings. The first kappa shape index (κ1) is 14.5. The van der Waals surface area contributed by atoms with Crippen LogP contribution in [0.2, 0.25) is 0 Å². The van der Waals surface area contributed by atoms with Crippen LogP contribution >= 0.6 is 23.2 Å². The van der Waals surface area contributed by atoms with Crippen molar-refractivity contribution in [2.75, 3.05) is 5.07 Å². The summed E-state index contributed by atoms with van der Waals surface area (Å²) >= 11 is 3.84. The van der Waals surface area contributed by atoms with Crippen LogP contribution in [-0.4, -0.2) is 5.07 Å². The zero-order chi connectivity index (χ0) is 14.5. The van der Waals surface area contributed by atoms with Gasteiger partial charge in [-0.2, -0.15) is 0 Å². The van der Waals surface area contributed by atoms with Crippen LogP contribution in [0.4, 0.5) is 0 Å². The van der Waals surface area contributed by atoms with Crippen LogP contribution in [0.1, 0.15) is 0 Å². The van der Waals surface area contributed by atoms with Gasteiger partial charge in [-0.15, -0.1) is 0 Å². The molecule has 0 bridgehead atoms. The van der Waals surface area contributed by atoms with E-state index in [4.69, 9.17) is 0 Å². The van der Waals surface area contributed by atoms with Gasteiger partial charge in [0.2, 0.25) is 0 Å². The van der Waals surface area contributed by atoms with Crippen molar-refractivity contribution in [2.24, 2.45) is 0 Å². The van der Waals surface area contributed by atoms with Crippen molar-refractivity contribution in [1.82, 2.24) is 0 Å². The first-order valence-corrected chi connectivity index (χ1v) is 10.4. The first-order valence-electron chi connectivity index (χ1n) is 7.10. The Labute approximate surface area is 135 Å². The molecule has 0 amide bonds. The minimum atomic E-state index is -1.98. The quantitative estimate of drug-likeness (QED) is 0.488. The van der Waals surface area contributed by atoms with Gasteiger partial charge in [0.1, 0.15) is 0 Å². The van der Waals surface area contributed by atoms with Crippen molar-refractivity contribution in [2.45, 2.75) is 0 Å². The van der Waals surface area contributed by atoms with E-state index in [1.807, 2.05) is 0 Å². The van der Waals surface area contributed by atoms with Gasteiger partial charge >= 0.3 is 135 Å². The summed E-state index contributed by atoms with van der Waals surface area (Å²) in [5, 5.41) is 5.32. The molecule has 0 aromatic heterocycles. The molecular formula is C19H18BrP. The van der Waals surface area contributed by atoms with Crippen molar-refractivity contribution in [1.29, 1.82) is 0 Å². The summed E-state index contributed by atoms with van der Waals surface area (Å²) in [5.41, 5.74) is 0. The van der Waals surface area contributed by atoms with Crippen LogP contribution in [0, 0.1) is 0 Å². The summed E-state index contributed by atoms with van der Waals surface area (Å²) in [6, 6.07) is 32.8. The summed E-state index contributed by atoms with van der Waals surface area (Å²) in [4.78, 5) is 0. The standard InChI is InChI=1S/C19H18BrP/c20-16-21(17-10-4-1-5-11-17,18-12-6-2-7-13-18)19-14-8-3-9-15-19/h1-15,21H,16H2. The molecule has 0 nitrogen and oxygen atoms in total. The SMILES string of the molecule is BrC[PH](c1ccccc1)(c1ccccc1)c1ccccc1. The Kier molecular flexibility index (Phi) is 4.53. The fourth-order valence-corrected chi connectivity index (χ4v) is 9.56. The molecule has 0 unspecified atom stereocenters. The van der Waals surface area contributed by atoms with E-state index >= 15 is 0 Å². The molecule has 0 heterocycles. The van der Waals surface area contributed by atoms with Crippen molar-refractivity contribution < 1.29 is 0 Å². The molecule has 0 spiro atoms. The number of hydrogen-bond donors (Lipinski definition) is 0. The monoisotopic (exact) mass is 356 g/mol. The van der Waals surface area contributed by atoms with Gasteiger partial charge in [0.05, 0.1) is 0 Å². The van der Waals surface area contributed by atoms with Gasteiger partial charge in [-0.05, 0) is 0 Å². The fourth-order valence-electron chi connectivity index (χ4n) is 2.90. The van der Waals surface area contributed by atoms with E-state index < -0.39 is 7.26 Å². The second-order valence-corrected chi connectivity index (χ2v) is 10.6.